The molecule has 1 aromatic rings. The number of hydrogen-bond donors (Lipinski definition) is 6. The van der Waals surface area contributed by atoms with Crippen molar-refractivity contribution in [1.82, 2.24) is 5.43 Å². The number of nitrogens with one attached hydrogen (secondary N) is 1. The van der Waals surface area contributed by atoms with Gasteiger partial charge in [-0.25, -0.2) is 5.84 Å². The second kappa shape index (κ2) is 7.31. The van der Waals surface area contributed by atoms with E-state index in [1.807, 2.05) is 5.43 Å². The summed E-state index contributed by atoms with van der Waals surface area (Å²) in [5, 5.41) is -0.760. The maximum Gasteiger partial charge on any atom is 0.254 e. The van der Waals surface area contributed by atoms with Gasteiger partial charge in [0.1, 0.15) is 17.9 Å². The van der Waals surface area contributed by atoms with E-state index in [1.165, 1.54) is 25.1 Å². The smallest absolute Gasteiger partial charge is 0.254 e. The normalized spacial score (nSPS) is 14.4. The van der Waals surface area contributed by atoms with Crippen molar-refractivity contribution in [3.63, 3.8) is 0 Å². The first-order valence-electron chi connectivity index (χ1n) is 6.45. The summed E-state index contributed by atoms with van der Waals surface area (Å²) in [6.45, 7) is 1.27. The fraction of sp³-hybridized carbons (Fsp3) is 0.308. The molecule has 126 valence electrons. The zero-order chi connectivity index (χ0) is 17.8. The molecule has 0 aliphatic carbocycles. The minimum absolute atomic E-state index is 0.0387. The van der Waals surface area contributed by atoms with Gasteiger partial charge in [-0.15, -0.1) is 0 Å². The molecule has 1 aromatic carbocycles. The van der Waals surface area contributed by atoms with E-state index in [0.29, 0.717) is 0 Å². The van der Waals surface area contributed by atoms with Crippen molar-refractivity contribution in [2.75, 3.05) is 6.61 Å². The number of carbonyl (C=O) groups excluding carboxylic acids is 3. The lowest BCUT2D eigenvalue weighted by Gasteiger charge is -2.28. The van der Waals surface area contributed by atoms with Crippen LogP contribution in [0.3, 0.4) is 0 Å². The monoisotopic (exact) mass is 341 g/mol. The quantitative estimate of drug-likeness (QED) is 0.148. The van der Waals surface area contributed by atoms with Crippen LogP contribution in [-0.4, -0.2) is 35.1 Å². The number of hydrazine groups is 1. The van der Waals surface area contributed by atoms with Crippen LogP contribution in [0.25, 0.3) is 0 Å². The van der Waals surface area contributed by atoms with E-state index >= 15 is 0 Å². The number of hydrogen-bond acceptors (Lipinski definition) is 7. The van der Waals surface area contributed by atoms with Crippen molar-refractivity contribution in [1.29, 1.82) is 0 Å². The predicted octanol–water partition coefficient (Wildman–Crippen LogP) is -1.73. The molecule has 3 amide bonds. The van der Waals surface area contributed by atoms with Crippen molar-refractivity contribution < 1.29 is 19.1 Å². The summed E-state index contributed by atoms with van der Waals surface area (Å²) < 4.78 is 5.45. The molecule has 0 aliphatic rings. The molecule has 0 saturated carbocycles. The number of rotatable bonds is 7. The Morgan fingerprint density at radius 3 is 2.39 bits per heavy atom. The Morgan fingerprint density at radius 2 is 1.91 bits per heavy atom. The Kier molecular flexibility index (Phi) is 5.96. The maximum atomic E-state index is 11.6. The molecule has 0 bridgehead atoms. The molecular formula is C13H19N5O4S. The third-order valence-electron chi connectivity index (χ3n) is 3.24. The second-order valence-corrected chi connectivity index (χ2v) is 5.65. The fourth-order valence-corrected chi connectivity index (χ4v) is 1.84. The molecular weight excluding hydrogens is 322 g/mol. The van der Waals surface area contributed by atoms with E-state index in [1.54, 1.807) is 0 Å². The van der Waals surface area contributed by atoms with Gasteiger partial charge in [-0.3, -0.25) is 19.8 Å². The summed E-state index contributed by atoms with van der Waals surface area (Å²) in [5.74, 6) is 3.01. The number of amides is 3. The van der Waals surface area contributed by atoms with Crippen LogP contribution in [0, 0.1) is 0 Å². The first kappa shape index (κ1) is 18.7. The van der Waals surface area contributed by atoms with Gasteiger partial charge < -0.3 is 21.9 Å². The summed E-state index contributed by atoms with van der Waals surface area (Å²) in [5.41, 5.74) is 17.0. The van der Waals surface area contributed by atoms with Crippen molar-refractivity contribution in [2.24, 2.45) is 23.0 Å². The Hall–Kier alpha value is -2.30. The summed E-state index contributed by atoms with van der Waals surface area (Å²) in [6, 6.07) is 3.95. The molecule has 2 atom stereocenters. The number of thiol groups is 1. The lowest BCUT2D eigenvalue weighted by atomic mass is 9.98. The predicted molar refractivity (Wildman–Crippen MR) is 86.7 cm³/mol. The highest BCUT2D eigenvalue weighted by atomic mass is 32.1. The molecule has 0 aromatic heterocycles. The molecule has 23 heavy (non-hydrogen) atoms. The van der Waals surface area contributed by atoms with Crippen LogP contribution >= 0.6 is 12.6 Å². The zero-order valence-corrected chi connectivity index (χ0v) is 13.3. The van der Waals surface area contributed by atoms with Gasteiger partial charge in [0.15, 0.2) is 0 Å². The zero-order valence-electron chi connectivity index (χ0n) is 12.4. The second-order valence-electron chi connectivity index (χ2n) is 5.02. The lowest BCUT2D eigenvalue weighted by Crippen LogP contribution is -2.60. The molecule has 0 aliphatic heterocycles. The molecule has 0 heterocycles. The van der Waals surface area contributed by atoms with E-state index in [0.717, 1.165) is 0 Å². The molecule has 0 radical (unpaired) electrons. The molecule has 9 nitrogen and oxygen atoms in total. The van der Waals surface area contributed by atoms with Crippen LogP contribution in [0.15, 0.2) is 18.2 Å². The number of primary amides is 2. The van der Waals surface area contributed by atoms with E-state index in [4.69, 9.17) is 27.8 Å². The van der Waals surface area contributed by atoms with Gasteiger partial charge in [-0.05, 0) is 25.1 Å². The van der Waals surface area contributed by atoms with Gasteiger partial charge in [0.05, 0.1) is 10.8 Å². The van der Waals surface area contributed by atoms with Crippen LogP contribution in [0.4, 0.5) is 0 Å². The average molecular weight is 341 g/mol. The van der Waals surface area contributed by atoms with E-state index in [9.17, 15) is 14.4 Å². The number of nitrogens with two attached hydrogens (primary N) is 4. The number of ether oxygens (including phenoxy) is 1. The first-order chi connectivity index (χ1) is 10.6. The van der Waals surface area contributed by atoms with Crippen molar-refractivity contribution in [3.05, 3.63) is 29.3 Å². The summed E-state index contributed by atoms with van der Waals surface area (Å²) >= 11 is 4.21. The largest absolute Gasteiger partial charge is 0.491 e. The first-order valence-corrected chi connectivity index (χ1v) is 6.97. The highest BCUT2D eigenvalue weighted by Gasteiger charge is 2.35. The summed E-state index contributed by atoms with van der Waals surface area (Å²) in [7, 11) is 0. The Balaban J connectivity index is 3.00. The Bertz CT molecular complexity index is 635. The van der Waals surface area contributed by atoms with Gasteiger partial charge in [-0.2, -0.15) is 12.6 Å². The van der Waals surface area contributed by atoms with Crippen molar-refractivity contribution >= 4 is 30.4 Å². The highest BCUT2D eigenvalue weighted by molar-refractivity contribution is 7.81. The van der Waals surface area contributed by atoms with Gasteiger partial charge in [0.25, 0.3) is 11.8 Å². The average Bonchev–Trinajstić information content (AvgIpc) is 2.50. The highest BCUT2D eigenvalue weighted by Crippen LogP contribution is 2.22. The fourth-order valence-electron chi connectivity index (χ4n) is 1.65. The summed E-state index contributed by atoms with van der Waals surface area (Å²) in [6.07, 6.45) is 0. The van der Waals surface area contributed by atoms with Gasteiger partial charge >= 0.3 is 0 Å². The molecule has 9 N–H and O–H groups in total. The van der Waals surface area contributed by atoms with Crippen molar-refractivity contribution in [3.8, 4) is 5.75 Å². The maximum absolute atomic E-state index is 11.6. The van der Waals surface area contributed by atoms with Crippen LogP contribution in [0.1, 0.15) is 27.6 Å². The number of benzene rings is 1. The SMILES string of the molecule is CC(N)(C(=O)NN)C(S)COc1cc(C(N)=O)ccc1C(N)=O. The van der Waals surface area contributed by atoms with E-state index in [2.05, 4.69) is 12.6 Å². The molecule has 1 rings (SSSR count). The van der Waals surface area contributed by atoms with Crippen LogP contribution in [-0.2, 0) is 4.79 Å². The van der Waals surface area contributed by atoms with Crippen LogP contribution < -0.4 is 33.2 Å². The Labute approximate surface area is 138 Å². The topological polar surface area (TPSA) is 177 Å². The molecule has 0 fully saturated rings. The van der Waals surface area contributed by atoms with Gasteiger partial charge in [0, 0.05) is 5.56 Å². The minimum Gasteiger partial charge on any atom is -0.491 e. The van der Waals surface area contributed by atoms with E-state index in [-0.39, 0.29) is 23.5 Å². The van der Waals surface area contributed by atoms with Gasteiger partial charge in [-0.1, -0.05) is 0 Å². The minimum atomic E-state index is -1.42. The van der Waals surface area contributed by atoms with E-state index < -0.39 is 28.5 Å². The lowest BCUT2D eigenvalue weighted by molar-refractivity contribution is -0.126. The Morgan fingerprint density at radius 1 is 1.30 bits per heavy atom. The molecule has 2 unspecified atom stereocenters. The van der Waals surface area contributed by atoms with Gasteiger partial charge in [0.2, 0.25) is 5.91 Å². The third-order valence-corrected chi connectivity index (χ3v) is 3.93. The molecule has 0 saturated heterocycles. The summed E-state index contributed by atoms with van der Waals surface area (Å²) in [4.78, 5) is 34.2. The van der Waals surface area contributed by atoms with Crippen LogP contribution in [0.5, 0.6) is 5.75 Å². The van der Waals surface area contributed by atoms with Crippen LogP contribution in [0.2, 0.25) is 0 Å². The van der Waals surface area contributed by atoms with Crippen molar-refractivity contribution in [2.45, 2.75) is 17.7 Å². The molecule has 0 spiro atoms. The standard InChI is InChI=1S/C13H19N5O4S/c1-13(16,12(21)18-17)9(23)5-22-8-4-6(10(14)19)2-3-7(8)11(15)20/h2-4,9,23H,5,16-17H2,1H3,(H2,14,19)(H2,15,20)(H,18,21). The number of carbonyl (C=O) groups is 3. The molecule has 10 heteroatoms. The third kappa shape index (κ3) is 4.34.